The van der Waals surface area contributed by atoms with E-state index in [4.69, 9.17) is 4.74 Å². The fourth-order valence-corrected chi connectivity index (χ4v) is 0.611. The Hall–Kier alpha value is -1.06. The van der Waals surface area contributed by atoms with Crippen molar-refractivity contribution in [3.8, 4) is 0 Å². The van der Waals surface area contributed by atoms with E-state index in [1.807, 2.05) is 0 Å². The van der Waals surface area contributed by atoms with Crippen LogP contribution in [0, 0.1) is 12.8 Å². The average Bonchev–Trinajstić information content (AvgIpc) is 1.98. The maximum atomic E-state index is 11.2. The second kappa shape index (κ2) is 4.25. The summed E-state index contributed by atoms with van der Waals surface area (Å²) in [5.74, 6) is -2.46. The van der Waals surface area contributed by atoms with E-state index in [9.17, 15) is 9.59 Å². The molecule has 0 N–H and O–H groups in total. The van der Waals surface area contributed by atoms with E-state index < -0.39 is 23.5 Å². The molecule has 0 spiro atoms. The van der Waals surface area contributed by atoms with Gasteiger partial charge in [-0.25, -0.2) is 0 Å². The average molecular weight is 187 g/mol. The highest BCUT2D eigenvalue weighted by atomic mass is 16.6. The van der Waals surface area contributed by atoms with Crippen molar-refractivity contribution in [1.29, 1.82) is 0 Å². The minimum Gasteiger partial charge on any atom is -0.468 e. The van der Waals surface area contributed by atoms with Gasteiger partial charge in [0.25, 0.3) is 0 Å². The second-order valence-corrected chi connectivity index (χ2v) is 3.61. The predicted molar refractivity (Wildman–Crippen MR) is 46.7 cm³/mol. The van der Waals surface area contributed by atoms with Gasteiger partial charge in [-0.05, 0) is 27.7 Å². The molecule has 0 unspecified atom stereocenters. The number of methoxy groups -OCH3 is 1. The molecular formula is C9H15O4. The van der Waals surface area contributed by atoms with E-state index in [2.05, 4.69) is 11.7 Å². The third-order valence-corrected chi connectivity index (χ3v) is 1.18. The van der Waals surface area contributed by atoms with Gasteiger partial charge in [-0.1, -0.05) is 0 Å². The Morgan fingerprint density at radius 3 is 2.00 bits per heavy atom. The fourth-order valence-electron chi connectivity index (χ4n) is 0.611. The van der Waals surface area contributed by atoms with Gasteiger partial charge in [-0.3, -0.25) is 9.59 Å². The molecule has 0 bridgehead atoms. The first-order chi connectivity index (χ1) is 5.78. The Bertz CT molecular complexity index is 202. The SMILES string of the molecule is [CH2][C@H](C(=O)OC)C(=O)OC(C)(C)C. The van der Waals surface area contributed by atoms with Crippen LogP contribution in [-0.2, 0) is 19.1 Å². The van der Waals surface area contributed by atoms with Crippen molar-refractivity contribution in [2.24, 2.45) is 5.92 Å². The molecule has 13 heavy (non-hydrogen) atoms. The van der Waals surface area contributed by atoms with Crippen LogP contribution in [0.25, 0.3) is 0 Å². The van der Waals surface area contributed by atoms with Crippen LogP contribution in [0.15, 0.2) is 0 Å². The Morgan fingerprint density at radius 1 is 1.23 bits per heavy atom. The molecule has 0 aliphatic rings. The van der Waals surface area contributed by atoms with Crippen LogP contribution < -0.4 is 0 Å². The summed E-state index contributed by atoms with van der Waals surface area (Å²) in [5.41, 5.74) is -0.610. The highest BCUT2D eigenvalue weighted by Gasteiger charge is 2.27. The van der Waals surface area contributed by atoms with E-state index in [1.165, 1.54) is 7.11 Å². The van der Waals surface area contributed by atoms with Crippen molar-refractivity contribution in [3.05, 3.63) is 6.92 Å². The Morgan fingerprint density at radius 2 is 1.69 bits per heavy atom. The van der Waals surface area contributed by atoms with Gasteiger partial charge in [0.05, 0.1) is 7.11 Å². The molecule has 75 valence electrons. The lowest BCUT2D eigenvalue weighted by molar-refractivity contribution is -0.165. The van der Waals surface area contributed by atoms with E-state index in [0.29, 0.717) is 0 Å². The molecule has 4 heteroatoms. The van der Waals surface area contributed by atoms with Gasteiger partial charge in [0.15, 0.2) is 5.92 Å². The monoisotopic (exact) mass is 187 g/mol. The molecule has 0 aromatic heterocycles. The first-order valence-corrected chi connectivity index (χ1v) is 3.91. The van der Waals surface area contributed by atoms with Crippen LogP contribution in [0.4, 0.5) is 0 Å². The first-order valence-electron chi connectivity index (χ1n) is 3.91. The quantitative estimate of drug-likeness (QED) is 0.477. The summed E-state index contributed by atoms with van der Waals surface area (Å²) in [6.45, 7) is 8.50. The summed E-state index contributed by atoms with van der Waals surface area (Å²) in [6.07, 6.45) is 0. The van der Waals surface area contributed by atoms with E-state index >= 15 is 0 Å². The van der Waals surface area contributed by atoms with Crippen molar-refractivity contribution >= 4 is 11.9 Å². The van der Waals surface area contributed by atoms with Crippen LogP contribution in [0.1, 0.15) is 20.8 Å². The summed E-state index contributed by atoms with van der Waals surface area (Å²) in [6, 6.07) is 0. The van der Waals surface area contributed by atoms with E-state index in [0.717, 1.165) is 0 Å². The molecule has 0 aliphatic heterocycles. The van der Waals surface area contributed by atoms with Crippen molar-refractivity contribution in [3.63, 3.8) is 0 Å². The predicted octanol–water partition coefficient (Wildman–Crippen LogP) is 0.951. The third-order valence-electron chi connectivity index (χ3n) is 1.18. The van der Waals surface area contributed by atoms with Gasteiger partial charge < -0.3 is 9.47 Å². The fraction of sp³-hybridized carbons (Fsp3) is 0.667. The maximum Gasteiger partial charge on any atom is 0.320 e. The van der Waals surface area contributed by atoms with Crippen LogP contribution in [0.3, 0.4) is 0 Å². The largest absolute Gasteiger partial charge is 0.468 e. The molecule has 0 heterocycles. The van der Waals surface area contributed by atoms with Gasteiger partial charge in [-0.2, -0.15) is 0 Å². The van der Waals surface area contributed by atoms with Crippen molar-refractivity contribution in [1.82, 2.24) is 0 Å². The van der Waals surface area contributed by atoms with Gasteiger partial charge in [0.1, 0.15) is 5.60 Å². The Balaban J connectivity index is 4.20. The van der Waals surface area contributed by atoms with Gasteiger partial charge >= 0.3 is 11.9 Å². The Kier molecular flexibility index (Phi) is 3.91. The summed E-state index contributed by atoms with van der Waals surface area (Å²) in [5, 5.41) is 0. The zero-order valence-electron chi connectivity index (χ0n) is 8.42. The number of rotatable bonds is 2. The molecule has 4 nitrogen and oxygen atoms in total. The van der Waals surface area contributed by atoms with Gasteiger partial charge in [0.2, 0.25) is 0 Å². The lowest BCUT2D eigenvalue weighted by atomic mass is 10.1. The number of carbonyl (C=O) groups is 2. The van der Waals surface area contributed by atoms with Gasteiger partial charge in [-0.15, -0.1) is 0 Å². The molecule has 1 atom stereocenters. The molecule has 0 aliphatic carbocycles. The number of hydrogen-bond donors (Lipinski definition) is 0. The normalized spacial score (nSPS) is 13.3. The van der Waals surface area contributed by atoms with Crippen LogP contribution in [0.5, 0.6) is 0 Å². The number of ether oxygens (including phenoxy) is 2. The first kappa shape index (κ1) is 11.9. The van der Waals surface area contributed by atoms with E-state index in [-0.39, 0.29) is 0 Å². The molecule has 0 aromatic rings. The second-order valence-electron chi connectivity index (χ2n) is 3.61. The van der Waals surface area contributed by atoms with E-state index in [1.54, 1.807) is 20.8 Å². The van der Waals surface area contributed by atoms with Crippen LogP contribution >= 0.6 is 0 Å². The molecule has 1 radical (unpaired) electrons. The van der Waals surface area contributed by atoms with Crippen molar-refractivity contribution in [2.45, 2.75) is 26.4 Å². The lowest BCUT2D eigenvalue weighted by Crippen LogP contribution is -2.31. The highest BCUT2D eigenvalue weighted by Crippen LogP contribution is 2.11. The minimum absolute atomic E-state index is 0.610. The van der Waals surface area contributed by atoms with Crippen molar-refractivity contribution in [2.75, 3.05) is 7.11 Å². The maximum absolute atomic E-state index is 11.2. The standard InChI is InChI=1S/C9H15O4/c1-6(7(10)12-5)8(11)13-9(2,3)4/h6H,1H2,2-5H3/t6-/m1/s1. The van der Waals surface area contributed by atoms with Crippen molar-refractivity contribution < 1.29 is 19.1 Å². The minimum atomic E-state index is -1.11. The summed E-state index contributed by atoms with van der Waals surface area (Å²) >= 11 is 0. The van der Waals surface area contributed by atoms with Crippen LogP contribution in [0.2, 0.25) is 0 Å². The number of carbonyl (C=O) groups excluding carboxylic acids is 2. The Labute approximate surface area is 78.2 Å². The summed E-state index contributed by atoms with van der Waals surface area (Å²) in [4.78, 5) is 22.0. The van der Waals surface area contributed by atoms with Gasteiger partial charge in [0, 0.05) is 0 Å². The lowest BCUT2D eigenvalue weighted by Gasteiger charge is -2.21. The zero-order valence-corrected chi connectivity index (χ0v) is 8.42. The molecule has 0 saturated heterocycles. The molecule has 0 aromatic carbocycles. The van der Waals surface area contributed by atoms with Crippen LogP contribution in [-0.4, -0.2) is 24.6 Å². The number of hydrogen-bond acceptors (Lipinski definition) is 4. The summed E-state index contributed by atoms with van der Waals surface area (Å²) in [7, 11) is 1.20. The molecule has 0 rings (SSSR count). The molecular weight excluding hydrogens is 172 g/mol. The molecule has 0 amide bonds. The zero-order chi connectivity index (χ0) is 10.6. The smallest absolute Gasteiger partial charge is 0.320 e. The molecule has 0 fully saturated rings. The topological polar surface area (TPSA) is 52.6 Å². The number of esters is 2. The summed E-state index contributed by atoms with van der Waals surface area (Å²) < 4.78 is 9.27. The third kappa shape index (κ3) is 4.50. The highest BCUT2D eigenvalue weighted by molar-refractivity contribution is 5.95. The molecule has 0 saturated carbocycles.